The van der Waals surface area contributed by atoms with E-state index >= 15 is 0 Å². The molecule has 82 valence electrons. The summed E-state index contributed by atoms with van der Waals surface area (Å²) in [6.45, 7) is 3.78. The van der Waals surface area contributed by atoms with Crippen LogP contribution in [0.2, 0.25) is 0 Å². The second-order valence-corrected chi connectivity index (χ2v) is 5.09. The topological polar surface area (TPSA) is 26.3 Å². The molecule has 1 aromatic rings. The standard InChI is InChI=1S/C12H15BrO2/c1-12(2,11(14)15-3)8-9-4-6-10(13)7-5-9/h4-7H,8H2,1-3H3. The van der Waals surface area contributed by atoms with E-state index in [9.17, 15) is 4.79 Å². The van der Waals surface area contributed by atoms with Crippen LogP contribution in [0.15, 0.2) is 28.7 Å². The Balaban J connectivity index is 2.77. The van der Waals surface area contributed by atoms with Gasteiger partial charge in [-0.15, -0.1) is 0 Å². The number of ether oxygens (including phenoxy) is 1. The van der Waals surface area contributed by atoms with Gasteiger partial charge in [0.05, 0.1) is 12.5 Å². The van der Waals surface area contributed by atoms with Gasteiger partial charge in [-0.05, 0) is 38.0 Å². The zero-order valence-electron chi connectivity index (χ0n) is 9.21. The molecule has 0 atom stereocenters. The first kappa shape index (κ1) is 12.2. The highest BCUT2D eigenvalue weighted by Gasteiger charge is 2.28. The molecule has 0 amide bonds. The molecule has 0 bridgehead atoms. The van der Waals surface area contributed by atoms with E-state index in [0.29, 0.717) is 6.42 Å². The highest BCUT2D eigenvalue weighted by atomic mass is 79.9. The summed E-state index contributed by atoms with van der Waals surface area (Å²) in [5.74, 6) is -0.176. The summed E-state index contributed by atoms with van der Waals surface area (Å²) in [5.41, 5.74) is 0.663. The van der Waals surface area contributed by atoms with Crippen LogP contribution in [0.25, 0.3) is 0 Å². The minimum absolute atomic E-state index is 0.176. The van der Waals surface area contributed by atoms with E-state index in [2.05, 4.69) is 15.9 Å². The minimum atomic E-state index is -0.470. The maximum absolute atomic E-state index is 11.5. The monoisotopic (exact) mass is 270 g/mol. The van der Waals surface area contributed by atoms with Crippen LogP contribution in [-0.4, -0.2) is 13.1 Å². The van der Waals surface area contributed by atoms with Gasteiger partial charge in [-0.2, -0.15) is 0 Å². The van der Waals surface area contributed by atoms with E-state index in [1.165, 1.54) is 7.11 Å². The summed E-state index contributed by atoms with van der Waals surface area (Å²) in [7, 11) is 1.42. The third-order valence-corrected chi connectivity index (χ3v) is 2.83. The van der Waals surface area contributed by atoms with Gasteiger partial charge in [0.1, 0.15) is 0 Å². The smallest absolute Gasteiger partial charge is 0.311 e. The van der Waals surface area contributed by atoms with Crippen molar-refractivity contribution in [1.29, 1.82) is 0 Å². The highest BCUT2D eigenvalue weighted by molar-refractivity contribution is 9.10. The van der Waals surface area contributed by atoms with Crippen molar-refractivity contribution in [3.63, 3.8) is 0 Å². The second-order valence-electron chi connectivity index (χ2n) is 4.18. The van der Waals surface area contributed by atoms with Gasteiger partial charge in [0.25, 0.3) is 0 Å². The van der Waals surface area contributed by atoms with E-state index in [-0.39, 0.29) is 5.97 Å². The number of hydrogen-bond donors (Lipinski definition) is 0. The molecule has 15 heavy (non-hydrogen) atoms. The molecule has 0 spiro atoms. The summed E-state index contributed by atoms with van der Waals surface area (Å²) in [6.07, 6.45) is 0.687. The fourth-order valence-electron chi connectivity index (χ4n) is 1.46. The molecule has 2 nitrogen and oxygen atoms in total. The van der Waals surface area contributed by atoms with Gasteiger partial charge in [0.15, 0.2) is 0 Å². The van der Waals surface area contributed by atoms with Crippen LogP contribution >= 0.6 is 15.9 Å². The lowest BCUT2D eigenvalue weighted by molar-refractivity contribution is -0.150. The average Bonchev–Trinajstić information content (AvgIpc) is 2.20. The quantitative estimate of drug-likeness (QED) is 0.789. The Kier molecular flexibility index (Phi) is 3.91. The van der Waals surface area contributed by atoms with Gasteiger partial charge in [-0.3, -0.25) is 4.79 Å². The van der Waals surface area contributed by atoms with E-state index < -0.39 is 5.41 Å². The molecule has 0 aliphatic rings. The number of hydrogen-bond acceptors (Lipinski definition) is 2. The summed E-state index contributed by atoms with van der Waals surface area (Å²) in [4.78, 5) is 11.5. The summed E-state index contributed by atoms with van der Waals surface area (Å²) < 4.78 is 5.81. The second kappa shape index (κ2) is 4.79. The molecular weight excluding hydrogens is 256 g/mol. The Morgan fingerprint density at radius 1 is 1.33 bits per heavy atom. The molecular formula is C12H15BrO2. The van der Waals surface area contributed by atoms with E-state index in [1.54, 1.807) is 0 Å². The number of halogens is 1. The molecule has 0 fully saturated rings. The Hall–Kier alpha value is -0.830. The maximum Gasteiger partial charge on any atom is 0.311 e. The van der Waals surface area contributed by atoms with Crippen molar-refractivity contribution < 1.29 is 9.53 Å². The third-order valence-electron chi connectivity index (χ3n) is 2.30. The summed E-state index contributed by atoms with van der Waals surface area (Å²) in [5, 5.41) is 0. The fraction of sp³-hybridized carbons (Fsp3) is 0.417. The maximum atomic E-state index is 11.5. The first-order valence-corrected chi connectivity index (χ1v) is 5.58. The summed E-state index contributed by atoms with van der Waals surface area (Å²) >= 11 is 3.38. The normalized spacial score (nSPS) is 11.2. The van der Waals surface area contributed by atoms with Crippen molar-refractivity contribution in [1.82, 2.24) is 0 Å². The predicted octanol–water partition coefficient (Wildman–Crippen LogP) is 3.19. The number of methoxy groups -OCH3 is 1. The van der Waals surface area contributed by atoms with Crippen molar-refractivity contribution in [2.75, 3.05) is 7.11 Å². The Morgan fingerprint density at radius 3 is 2.33 bits per heavy atom. The van der Waals surface area contributed by atoms with E-state index in [1.807, 2.05) is 38.1 Å². The molecule has 0 unspecified atom stereocenters. The molecule has 0 saturated heterocycles. The first-order valence-electron chi connectivity index (χ1n) is 4.78. The van der Waals surface area contributed by atoms with Crippen molar-refractivity contribution in [2.24, 2.45) is 5.41 Å². The minimum Gasteiger partial charge on any atom is -0.469 e. The van der Waals surface area contributed by atoms with Gasteiger partial charge in [-0.1, -0.05) is 28.1 Å². The van der Waals surface area contributed by atoms with Crippen molar-refractivity contribution in [3.05, 3.63) is 34.3 Å². The van der Waals surface area contributed by atoms with E-state index in [4.69, 9.17) is 4.74 Å². The highest BCUT2D eigenvalue weighted by Crippen LogP contribution is 2.24. The number of carbonyl (C=O) groups excluding carboxylic acids is 1. The number of carbonyl (C=O) groups is 1. The molecule has 3 heteroatoms. The van der Waals surface area contributed by atoms with Crippen molar-refractivity contribution in [2.45, 2.75) is 20.3 Å². The number of benzene rings is 1. The van der Waals surface area contributed by atoms with Gasteiger partial charge in [0.2, 0.25) is 0 Å². The van der Waals surface area contributed by atoms with Crippen LogP contribution in [0.1, 0.15) is 19.4 Å². The molecule has 1 rings (SSSR count). The lowest BCUT2D eigenvalue weighted by Gasteiger charge is -2.21. The average molecular weight is 271 g/mol. The van der Waals surface area contributed by atoms with Crippen LogP contribution in [0.5, 0.6) is 0 Å². The molecule has 0 N–H and O–H groups in total. The molecule has 0 radical (unpaired) electrons. The van der Waals surface area contributed by atoms with Crippen LogP contribution in [0.4, 0.5) is 0 Å². The Morgan fingerprint density at radius 2 is 1.87 bits per heavy atom. The lowest BCUT2D eigenvalue weighted by Crippen LogP contribution is -2.27. The van der Waals surface area contributed by atoms with Gasteiger partial charge >= 0.3 is 5.97 Å². The Bertz CT molecular complexity index is 341. The number of rotatable bonds is 3. The van der Waals surface area contributed by atoms with Crippen molar-refractivity contribution in [3.8, 4) is 0 Å². The van der Waals surface area contributed by atoms with Gasteiger partial charge in [0, 0.05) is 4.47 Å². The van der Waals surface area contributed by atoms with Crippen LogP contribution in [0.3, 0.4) is 0 Å². The lowest BCUT2D eigenvalue weighted by atomic mass is 9.86. The summed E-state index contributed by atoms with van der Waals surface area (Å²) in [6, 6.07) is 7.97. The zero-order valence-corrected chi connectivity index (χ0v) is 10.8. The fourth-order valence-corrected chi connectivity index (χ4v) is 1.73. The van der Waals surface area contributed by atoms with Crippen LogP contribution < -0.4 is 0 Å². The van der Waals surface area contributed by atoms with Crippen molar-refractivity contribution >= 4 is 21.9 Å². The molecule has 0 heterocycles. The largest absolute Gasteiger partial charge is 0.469 e. The molecule has 0 aliphatic carbocycles. The zero-order chi connectivity index (χ0) is 11.5. The first-order chi connectivity index (χ1) is 6.95. The van der Waals surface area contributed by atoms with E-state index in [0.717, 1.165) is 10.0 Å². The molecule has 0 saturated carbocycles. The van der Waals surface area contributed by atoms with Gasteiger partial charge < -0.3 is 4.74 Å². The number of esters is 1. The van der Waals surface area contributed by atoms with Gasteiger partial charge in [-0.25, -0.2) is 0 Å². The molecule has 0 aromatic heterocycles. The van der Waals surface area contributed by atoms with Crippen LogP contribution in [-0.2, 0) is 16.0 Å². The SMILES string of the molecule is COC(=O)C(C)(C)Cc1ccc(Br)cc1. The Labute approximate surface area is 98.8 Å². The molecule has 1 aromatic carbocycles. The van der Waals surface area contributed by atoms with Crippen LogP contribution in [0, 0.1) is 5.41 Å². The third kappa shape index (κ3) is 3.34. The molecule has 0 aliphatic heterocycles. The predicted molar refractivity (Wildman–Crippen MR) is 63.6 cm³/mol.